The number of nitrogens with zero attached hydrogens (tertiary/aromatic N) is 2. The molecule has 1 aliphatic heterocycles. The minimum Gasteiger partial charge on any atom is -0.338 e. The predicted octanol–water partition coefficient (Wildman–Crippen LogP) is 1.27. The number of piperidine rings is 1. The maximum absolute atomic E-state index is 12.8. The summed E-state index contributed by atoms with van der Waals surface area (Å²) in [5.41, 5.74) is -0.0894. The molecule has 6 heteroatoms. The molecule has 0 spiro atoms. The van der Waals surface area contributed by atoms with Crippen LogP contribution in [0.15, 0.2) is 46.1 Å². The zero-order valence-electron chi connectivity index (χ0n) is 13.9. The Morgan fingerprint density at radius 2 is 1.92 bits per heavy atom. The van der Waals surface area contributed by atoms with E-state index >= 15 is 0 Å². The molecule has 1 aromatic carbocycles. The van der Waals surface area contributed by atoms with Gasteiger partial charge < -0.3 is 9.47 Å². The Morgan fingerprint density at radius 1 is 1.21 bits per heavy atom. The van der Waals surface area contributed by atoms with Crippen molar-refractivity contribution >= 4 is 5.91 Å². The molecule has 2 heterocycles. The lowest BCUT2D eigenvalue weighted by atomic mass is 9.76. The van der Waals surface area contributed by atoms with E-state index in [1.165, 1.54) is 23.4 Å². The number of carbonyl (C=O) groups is 1. The van der Waals surface area contributed by atoms with Crippen molar-refractivity contribution in [1.82, 2.24) is 14.5 Å². The van der Waals surface area contributed by atoms with E-state index in [0.717, 1.165) is 12.8 Å². The van der Waals surface area contributed by atoms with E-state index in [4.69, 9.17) is 0 Å². The van der Waals surface area contributed by atoms with Crippen molar-refractivity contribution < 1.29 is 4.79 Å². The van der Waals surface area contributed by atoms with Crippen molar-refractivity contribution in [2.75, 3.05) is 13.1 Å². The summed E-state index contributed by atoms with van der Waals surface area (Å²) in [4.78, 5) is 40.1. The van der Waals surface area contributed by atoms with Crippen molar-refractivity contribution in [3.8, 4) is 0 Å². The lowest BCUT2D eigenvalue weighted by Crippen LogP contribution is -2.48. The molecule has 0 saturated carbocycles. The maximum atomic E-state index is 12.8. The summed E-state index contributed by atoms with van der Waals surface area (Å²) in [5, 5.41) is 0. The highest BCUT2D eigenvalue weighted by Crippen LogP contribution is 2.33. The van der Waals surface area contributed by atoms with E-state index in [0.29, 0.717) is 13.1 Å². The number of nitrogens with one attached hydrogen (secondary N) is 1. The molecular formula is C18H21N3O3. The Labute approximate surface area is 139 Å². The molecule has 2 aromatic rings. The van der Waals surface area contributed by atoms with Crippen LogP contribution in [0.4, 0.5) is 0 Å². The van der Waals surface area contributed by atoms with Gasteiger partial charge in [0.15, 0.2) is 0 Å². The van der Waals surface area contributed by atoms with Crippen LogP contribution in [0.5, 0.6) is 0 Å². The van der Waals surface area contributed by atoms with Gasteiger partial charge in [0, 0.05) is 31.7 Å². The first-order chi connectivity index (χ1) is 11.4. The molecule has 0 aliphatic carbocycles. The molecular weight excluding hydrogens is 306 g/mol. The molecule has 1 aliphatic rings. The molecule has 1 atom stereocenters. The molecule has 1 amide bonds. The van der Waals surface area contributed by atoms with E-state index in [1.807, 2.05) is 18.2 Å². The third-order valence-corrected chi connectivity index (χ3v) is 4.79. The van der Waals surface area contributed by atoms with Crippen molar-refractivity contribution in [2.24, 2.45) is 7.05 Å². The fraction of sp³-hybridized carbons (Fsp3) is 0.389. The summed E-state index contributed by atoms with van der Waals surface area (Å²) in [6.07, 6.45) is 3.18. The van der Waals surface area contributed by atoms with Crippen molar-refractivity contribution in [3.05, 3.63) is 68.5 Å². The third kappa shape index (κ3) is 2.91. The highest BCUT2D eigenvalue weighted by Gasteiger charge is 2.35. The first-order valence-corrected chi connectivity index (χ1v) is 8.05. The first kappa shape index (κ1) is 16.2. The van der Waals surface area contributed by atoms with Gasteiger partial charge in [-0.1, -0.05) is 37.3 Å². The van der Waals surface area contributed by atoms with Crippen molar-refractivity contribution in [3.63, 3.8) is 0 Å². The molecule has 0 bridgehead atoms. The highest BCUT2D eigenvalue weighted by atomic mass is 16.2. The normalized spacial score (nSPS) is 20.8. The number of aromatic nitrogens is 2. The SMILES string of the molecule is Cn1cc(C(=O)N2CCC[C@](C)(c3ccccc3)C2)c(=O)[nH]c1=O. The zero-order valence-corrected chi connectivity index (χ0v) is 13.9. The van der Waals surface area contributed by atoms with Crippen LogP contribution in [-0.2, 0) is 12.5 Å². The first-order valence-electron chi connectivity index (χ1n) is 8.05. The van der Waals surface area contributed by atoms with E-state index < -0.39 is 11.2 Å². The molecule has 1 N–H and O–H groups in total. The molecule has 6 nitrogen and oxygen atoms in total. The largest absolute Gasteiger partial charge is 0.338 e. The predicted molar refractivity (Wildman–Crippen MR) is 91.2 cm³/mol. The third-order valence-electron chi connectivity index (χ3n) is 4.79. The lowest BCUT2D eigenvalue weighted by molar-refractivity contribution is 0.0648. The van der Waals surface area contributed by atoms with Gasteiger partial charge in [0.1, 0.15) is 5.56 Å². The monoisotopic (exact) mass is 327 g/mol. The smallest absolute Gasteiger partial charge is 0.328 e. The number of carbonyl (C=O) groups excluding carboxylic acids is 1. The van der Waals surface area contributed by atoms with Gasteiger partial charge in [0.25, 0.3) is 11.5 Å². The van der Waals surface area contributed by atoms with Crippen LogP contribution in [0.3, 0.4) is 0 Å². The van der Waals surface area contributed by atoms with Crippen molar-refractivity contribution in [2.45, 2.75) is 25.2 Å². The molecule has 3 rings (SSSR count). The van der Waals surface area contributed by atoms with Gasteiger partial charge in [-0.05, 0) is 18.4 Å². The van der Waals surface area contributed by atoms with Crippen LogP contribution in [-0.4, -0.2) is 33.4 Å². The molecule has 126 valence electrons. The molecule has 0 unspecified atom stereocenters. The number of aromatic amines is 1. The average Bonchev–Trinajstić information content (AvgIpc) is 2.58. The number of hydrogen-bond donors (Lipinski definition) is 1. The number of amides is 1. The number of H-pyrrole nitrogens is 1. The second kappa shape index (κ2) is 6.11. The van der Waals surface area contributed by atoms with E-state index in [9.17, 15) is 14.4 Å². The summed E-state index contributed by atoms with van der Waals surface area (Å²) >= 11 is 0. The fourth-order valence-corrected chi connectivity index (χ4v) is 3.38. The Balaban J connectivity index is 1.90. The second-order valence-electron chi connectivity index (χ2n) is 6.67. The Kier molecular flexibility index (Phi) is 4.13. The summed E-state index contributed by atoms with van der Waals surface area (Å²) in [6.45, 7) is 3.31. The standard InChI is InChI=1S/C18H21N3O3/c1-18(13-7-4-3-5-8-13)9-6-10-21(12-18)16(23)14-11-20(2)17(24)19-15(14)22/h3-5,7-8,11H,6,9-10,12H2,1-2H3,(H,19,22,24)/t18-/m0/s1. The minimum atomic E-state index is -0.630. The number of rotatable bonds is 2. The second-order valence-corrected chi connectivity index (χ2v) is 6.67. The number of benzene rings is 1. The van der Waals surface area contributed by atoms with Crippen LogP contribution in [0.25, 0.3) is 0 Å². The molecule has 1 aromatic heterocycles. The Bertz CT molecular complexity index is 869. The quantitative estimate of drug-likeness (QED) is 0.902. The lowest BCUT2D eigenvalue weighted by Gasteiger charge is -2.41. The van der Waals surface area contributed by atoms with Gasteiger partial charge >= 0.3 is 5.69 Å². The van der Waals surface area contributed by atoms with Crippen LogP contribution in [0.2, 0.25) is 0 Å². The van der Waals surface area contributed by atoms with E-state index in [2.05, 4.69) is 24.0 Å². The summed E-state index contributed by atoms with van der Waals surface area (Å²) < 4.78 is 1.22. The highest BCUT2D eigenvalue weighted by molar-refractivity contribution is 5.93. The van der Waals surface area contributed by atoms with E-state index in [-0.39, 0.29) is 16.9 Å². The van der Waals surface area contributed by atoms with E-state index in [1.54, 1.807) is 4.90 Å². The van der Waals surface area contributed by atoms with Crippen LogP contribution in [0, 0.1) is 0 Å². The van der Waals surface area contributed by atoms with Gasteiger partial charge in [-0.15, -0.1) is 0 Å². The van der Waals surface area contributed by atoms with Crippen molar-refractivity contribution in [1.29, 1.82) is 0 Å². The Morgan fingerprint density at radius 3 is 2.62 bits per heavy atom. The molecule has 24 heavy (non-hydrogen) atoms. The maximum Gasteiger partial charge on any atom is 0.328 e. The minimum absolute atomic E-state index is 0.00871. The average molecular weight is 327 g/mol. The number of likely N-dealkylation sites (tertiary alicyclic amines) is 1. The van der Waals surface area contributed by atoms with Crippen LogP contribution in [0.1, 0.15) is 35.7 Å². The van der Waals surface area contributed by atoms with Crippen LogP contribution < -0.4 is 11.2 Å². The summed E-state index contributed by atoms with van der Waals surface area (Å²) in [5.74, 6) is -0.325. The summed E-state index contributed by atoms with van der Waals surface area (Å²) in [6, 6.07) is 10.1. The van der Waals surface area contributed by atoms with Crippen LogP contribution >= 0.6 is 0 Å². The Hall–Kier alpha value is -2.63. The number of hydrogen-bond acceptors (Lipinski definition) is 3. The van der Waals surface area contributed by atoms with Gasteiger partial charge in [-0.2, -0.15) is 0 Å². The van der Waals surface area contributed by atoms with Gasteiger partial charge in [-0.3, -0.25) is 14.6 Å². The number of aryl methyl sites for hydroxylation is 1. The fourth-order valence-electron chi connectivity index (χ4n) is 3.38. The molecule has 1 fully saturated rings. The van der Waals surface area contributed by atoms with Gasteiger partial charge in [-0.25, -0.2) is 4.79 Å². The van der Waals surface area contributed by atoms with Gasteiger partial charge in [0.05, 0.1) is 0 Å². The van der Waals surface area contributed by atoms with Gasteiger partial charge in [0.2, 0.25) is 0 Å². The summed E-state index contributed by atoms with van der Waals surface area (Å²) in [7, 11) is 1.51. The zero-order chi connectivity index (χ0) is 17.3. The topological polar surface area (TPSA) is 75.2 Å². The molecule has 0 radical (unpaired) electrons. The molecule has 1 saturated heterocycles.